The number of nitrogens with one attached hydrogen (secondary N) is 3. The van der Waals surface area contributed by atoms with Crippen molar-refractivity contribution in [1.29, 1.82) is 10.8 Å². The number of pyridine rings is 1. The van der Waals surface area contributed by atoms with Crippen molar-refractivity contribution in [2.45, 2.75) is 32.9 Å². The lowest BCUT2D eigenvalue weighted by atomic mass is 9.95. The molecule has 0 bridgehead atoms. The lowest BCUT2D eigenvalue weighted by Gasteiger charge is -2.30. The van der Waals surface area contributed by atoms with E-state index in [0.717, 1.165) is 17.5 Å². The zero-order valence-corrected chi connectivity index (χ0v) is 21.4. The van der Waals surface area contributed by atoms with Gasteiger partial charge in [-0.1, -0.05) is 6.07 Å². The Hall–Kier alpha value is -4.60. The molecule has 1 aromatic heterocycles. The van der Waals surface area contributed by atoms with E-state index in [1.807, 2.05) is 19.9 Å². The molecular weight excluding hydrogens is 487 g/mol. The summed E-state index contributed by atoms with van der Waals surface area (Å²) >= 11 is 0. The molecule has 0 saturated carbocycles. The quantitative estimate of drug-likeness (QED) is 0.319. The Morgan fingerprint density at radius 2 is 1.89 bits per heavy atom. The second kappa shape index (κ2) is 11.2. The number of methoxy groups -OCH3 is 1. The van der Waals surface area contributed by atoms with Gasteiger partial charge in [0.15, 0.2) is 5.84 Å². The number of rotatable bonds is 7. The third kappa shape index (κ3) is 5.54. The number of amidine groups is 1. The molecule has 0 aliphatic carbocycles. The van der Waals surface area contributed by atoms with Gasteiger partial charge in [0, 0.05) is 24.7 Å². The molecule has 0 radical (unpaired) electrons. The number of aromatic nitrogens is 1. The summed E-state index contributed by atoms with van der Waals surface area (Å²) in [6.07, 6.45) is 1.66. The molecule has 196 valence electrons. The summed E-state index contributed by atoms with van der Waals surface area (Å²) in [5.74, 6) is -0.366. The molecule has 10 heteroatoms. The van der Waals surface area contributed by atoms with Gasteiger partial charge in [-0.05, 0) is 79.9 Å². The third-order valence-electron chi connectivity index (χ3n) is 6.34. The molecule has 1 aliphatic heterocycles. The van der Waals surface area contributed by atoms with Crippen molar-refractivity contribution in [3.63, 3.8) is 0 Å². The fourth-order valence-electron chi connectivity index (χ4n) is 4.31. The van der Waals surface area contributed by atoms with Gasteiger partial charge < -0.3 is 19.9 Å². The molecule has 2 amide bonds. The minimum atomic E-state index is -0.449. The number of hydrogen-bond acceptors (Lipinski definition) is 6. The Morgan fingerprint density at radius 1 is 1.16 bits per heavy atom. The number of nitrogens with zero attached hydrogens (tertiary/aromatic N) is 3. The van der Waals surface area contributed by atoms with E-state index in [2.05, 4.69) is 10.3 Å². The predicted octanol–water partition coefficient (Wildman–Crippen LogP) is 4.32. The van der Waals surface area contributed by atoms with E-state index in [1.165, 1.54) is 36.3 Å². The first-order valence-corrected chi connectivity index (χ1v) is 12.1. The first-order chi connectivity index (χ1) is 18.2. The summed E-state index contributed by atoms with van der Waals surface area (Å²) in [7, 11) is 1.49. The third-order valence-corrected chi connectivity index (χ3v) is 6.34. The Morgan fingerprint density at radius 3 is 2.55 bits per heavy atom. The van der Waals surface area contributed by atoms with Gasteiger partial charge in [-0.15, -0.1) is 0 Å². The topological polar surface area (TPSA) is 122 Å². The van der Waals surface area contributed by atoms with Gasteiger partial charge in [0.05, 0.1) is 19.0 Å². The highest BCUT2D eigenvalue weighted by molar-refractivity contribution is 6.06. The van der Waals surface area contributed by atoms with Gasteiger partial charge >= 0.3 is 0 Å². The van der Waals surface area contributed by atoms with Gasteiger partial charge in [0.1, 0.15) is 23.1 Å². The molecule has 2 aromatic carbocycles. The zero-order valence-electron chi connectivity index (χ0n) is 21.4. The molecule has 4 rings (SSSR count). The van der Waals surface area contributed by atoms with Crippen LogP contribution in [-0.2, 0) is 13.0 Å². The number of anilines is 1. The molecular formula is C28H29FN6O3. The summed E-state index contributed by atoms with van der Waals surface area (Å²) < 4.78 is 18.8. The van der Waals surface area contributed by atoms with E-state index < -0.39 is 11.7 Å². The van der Waals surface area contributed by atoms with Gasteiger partial charge in [-0.25, -0.2) is 9.37 Å². The average Bonchev–Trinajstić information content (AvgIpc) is 2.92. The maximum atomic E-state index is 13.3. The number of amides is 2. The smallest absolute Gasteiger partial charge is 0.260 e. The van der Waals surface area contributed by atoms with Crippen LogP contribution in [0.1, 0.15) is 51.4 Å². The Bertz CT molecular complexity index is 1390. The molecule has 9 nitrogen and oxygen atoms in total. The van der Waals surface area contributed by atoms with Crippen LogP contribution < -0.4 is 10.1 Å². The second-order valence-corrected chi connectivity index (χ2v) is 9.15. The summed E-state index contributed by atoms with van der Waals surface area (Å²) in [6.45, 7) is 4.52. The van der Waals surface area contributed by atoms with Crippen molar-refractivity contribution >= 4 is 29.8 Å². The lowest BCUT2D eigenvalue weighted by Crippen LogP contribution is -2.36. The molecule has 38 heavy (non-hydrogen) atoms. The molecule has 0 unspecified atom stereocenters. The second-order valence-electron chi connectivity index (χ2n) is 9.15. The number of halogens is 1. The molecule has 3 N–H and O–H groups in total. The fraction of sp³-hybridized carbons (Fsp3) is 0.250. The summed E-state index contributed by atoms with van der Waals surface area (Å²) in [4.78, 5) is 33.8. The van der Waals surface area contributed by atoms with Crippen LogP contribution in [0.4, 0.5) is 10.2 Å². The zero-order chi connectivity index (χ0) is 27.4. The lowest BCUT2D eigenvalue weighted by molar-refractivity contribution is 0.0734. The van der Waals surface area contributed by atoms with Crippen LogP contribution in [-0.4, -0.2) is 58.5 Å². The van der Waals surface area contributed by atoms with Gasteiger partial charge in [0.25, 0.3) is 11.8 Å². The van der Waals surface area contributed by atoms with E-state index in [1.54, 1.807) is 29.2 Å². The van der Waals surface area contributed by atoms with Gasteiger partial charge in [0.2, 0.25) is 0 Å². The molecule has 0 atom stereocenters. The van der Waals surface area contributed by atoms with E-state index in [9.17, 15) is 14.0 Å². The Kier molecular flexibility index (Phi) is 7.80. The molecule has 3 aromatic rings. The van der Waals surface area contributed by atoms with Crippen LogP contribution in [0.5, 0.6) is 5.75 Å². The summed E-state index contributed by atoms with van der Waals surface area (Å²) in [5.41, 5.74) is 2.80. The van der Waals surface area contributed by atoms with Crippen molar-refractivity contribution < 1.29 is 18.7 Å². The van der Waals surface area contributed by atoms with E-state index in [4.69, 9.17) is 15.6 Å². The number of ether oxygens (including phenoxy) is 1. The first kappa shape index (κ1) is 26.5. The van der Waals surface area contributed by atoms with E-state index in [-0.39, 0.29) is 29.2 Å². The first-order valence-electron chi connectivity index (χ1n) is 12.1. The maximum absolute atomic E-state index is 13.3. The molecule has 0 spiro atoms. The number of carbonyl (C=O) groups excluding carboxylic acids is 2. The minimum absolute atomic E-state index is 0.0448. The Balaban J connectivity index is 1.56. The van der Waals surface area contributed by atoms with Crippen LogP contribution in [0.15, 0.2) is 54.6 Å². The number of benzene rings is 2. The van der Waals surface area contributed by atoms with Crippen LogP contribution in [0.25, 0.3) is 0 Å². The van der Waals surface area contributed by atoms with Crippen LogP contribution >= 0.6 is 0 Å². The van der Waals surface area contributed by atoms with Crippen molar-refractivity contribution in [1.82, 2.24) is 14.8 Å². The SMILES string of the molecule is COc1cc2c(cc1C(=O)Nc1cccc(C(=N)N(C=N)C(C)C)n1)CN(C(=O)c1ccc(F)cc1)CC2. The van der Waals surface area contributed by atoms with E-state index >= 15 is 0 Å². The monoisotopic (exact) mass is 516 g/mol. The molecule has 0 fully saturated rings. The Labute approximate surface area is 220 Å². The van der Waals surface area contributed by atoms with Crippen molar-refractivity contribution in [2.75, 3.05) is 19.0 Å². The summed E-state index contributed by atoms with van der Waals surface area (Å²) in [6, 6.07) is 13.8. The molecule has 2 heterocycles. The standard InChI is InChI=1S/C28H29FN6O3/c1-17(2)35(16-30)26(31)23-5-4-6-25(32-23)33-27(36)22-13-20-15-34(12-11-19(20)14-24(22)38-3)28(37)18-7-9-21(29)10-8-18/h4-10,13-14,16-17,30-31H,11-12,15H2,1-3H3,(H,32,33,36). The maximum Gasteiger partial charge on any atom is 0.260 e. The van der Waals surface area contributed by atoms with Crippen molar-refractivity contribution in [3.8, 4) is 5.75 Å². The highest BCUT2D eigenvalue weighted by atomic mass is 19.1. The van der Waals surface area contributed by atoms with Gasteiger partial charge in [-0.3, -0.25) is 20.4 Å². The minimum Gasteiger partial charge on any atom is -0.496 e. The van der Waals surface area contributed by atoms with Crippen molar-refractivity contribution in [3.05, 3.63) is 88.4 Å². The van der Waals surface area contributed by atoms with Crippen LogP contribution in [0, 0.1) is 16.6 Å². The average molecular weight is 517 g/mol. The normalized spacial score (nSPS) is 12.5. The van der Waals surface area contributed by atoms with Crippen LogP contribution in [0.2, 0.25) is 0 Å². The predicted molar refractivity (Wildman–Crippen MR) is 143 cm³/mol. The van der Waals surface area contributed by atoms with Gasteiger partial charge in [-0.2, -0.15) is 0 Å². The summed E-state index contributed by atoms with van der Waals surface area (Å²) in [5, 5.41) is 18.7. The number of hydrogen-bond donors (Lipinski definition) is 3. The molecule has 0 saturated heterocycles. The molecule has 1 aliphatic rings. The highest BCUT2D eigenvalue weighted by Gasteiger charge is 2.25. The largest absolute Gasteiger partial charge is 0.496 e. The van der Waals surface area contributed by atoms with Crippen LogP contribution in [0.3, 0.4) is 0 Å². The van der Waals surface area contributed by atoms with Crippen molar-refractivity contribution in [2.24, 2.45) is 0 Å². The fourth-order valence-corrected chi connectivity index (χ4v) is 4.31. The highest BCUT2D eigenvalue weighted by Crippen LogP contribution is 2.29. The number of carbonyl (C=O) groups is 2. The number of fused-ring (bicyclic) bond motifs is 1. The van der Waals surface area contributed by atoms with E-state index in [0.29, 0.717) is 36.5 Å².